The van der Waals surface area contributed by atoms with Gasteiger partial charge >= 0.3 is 0 Å². The van der Waals surface area contributed by atoms with E-state index in [1.54, 1.807) is 0 Å². The van der Waals surface area contributed by atoms with E-state index in [4.69, 9.17) is 8.83 Å². The predicted molar refractivity (Wildman–Crippen MR) is 104 cm³/mol. The van der Waals surface area contributed by atoms with Gasteiger partial charge in [-0.3, -0.25) is 0 Å². The summed E-state index contributed by atoms with van der Waals surface area (Å²) in [6.45, 7) is 1.97. The first-order valence-corrected chi connectivity index (χ1v) is 8.79. The molecule has 5 aromatic rings. The zero-order valence-electron chi connectivity index (χ0n) is 14.8. The van der Waals surface area contributed by atoms with Gasteiger partial charge in [-0.15, -0.1) is 0 Å². The fraction of sp³-hybridized carbons (Fsp3) is 0.130. The highest BCUT2D eigenvalue weighted by Crippen LogP contribution is 2.39. The third kappa shape index (κ3) is 2.28. The largest absolute Gasteiger partial charge is 0.465 e. The smallest absolute Gasteiger partial charge is 0.134 e. The van der Waals surface area contributed by atoms with Gasteiger partial charge in [0.2, 0.25) is 0 Å². The van der Waals surface area contributed by atoms with Gasteiger partial charge in [-0.25, -0.2) is 0 Å². The van der Waals surface area contributed by atoms with Gasteiger partial charge in [-0.1, -0.05) is 36.4 Å². The number of nitrogens with zero attached hydrogens (tertiary/aromatic N) is 1. The van der Waals surface area contributed by atoms with Crippen LogP contribution in [-0.4, -0.2) is 4.57 Å². The maximum atomic E-state index is 6.24. The van der Waals surface area contributed by atoms with E-state index in [-0.39, 0.29) is 5.92 Å². The highest BCUT2D eigenvalue weighted by atomic mass is 16.4. The third-order valence-corrected chi connectivity index (χ3v) is 5.01. The van der Waals surface area contributed by atoms with Crippen molar-refractivity contribution in [2.45, 2.75) is 12.8 Å². The third-order valence-electron chi connectivity index (χ3n) is 5.01. The average molecular weight is 341 g/mol. The van der Waals surface area contributed by atoms with Crippen LogP contribution in [0.25, 0.3) is 21.9 Å². The summed E-state index contributed by atoms with van der Waals surface area (Å²) in [4.78, 5) is 0. The number of hydrogen-bond donors (Lipinski definition) is 0. The van der Waals surface area contributed by atoms with Crippen molar-refractivity contribution in [1.29, 1.82) is 0 Å². The summed E-state index contributed by atoms with van der Waals surface area (Å²) in [5.74, 6) is 2.62. The maximum absolute atomic E-state index is 6.24. The number of aromatic nitrogens is 1. The number of aryl methyl sites for hydroxylation is 2. The summed E-state index contributed by atoms with van der Waals surface area (Å²) in [6, 6.07) is 22.8. The van der Waals surface area contributed by atoms with Gasteiger partial charge in [0.15, 0.2) is 0 Å². The van der Waals surface area contributed by atoms with Crippen molar-refractivity contribution in [2.24, 2.45) is 7.05 Å². The summed E-state index contributed by atoms with van der Waals surface area (Å²) < 4.78 is 14.4. The SMILES string of the molecule is Cc1ccc(C(c2cc3ccccc3o2)c2cn(C)c3ccccc23)o1. The number of hydrogen-bond acceptors (Lipinski definition) is 2. The van der Waals surface area contributed by atoms with E-state index >= 15 is 0 Å². The minimum absolute atomic E-state index is 0.0813. The molecule has 5 rings (SSSR count). The summed E-state index contributed by atoms with van der Waals surface area (Å²) in [6.07, 6.45) is 2.18. The second-order valence-electron chi connectivity index (χ2n) is 6.78. The van der Waals surface area contributed by atoms with Crippen LogP contribution in [0.15, 0.2) is 81.8 Å². The molecule has 3 aromatic heterocycles. The van der Waals surface area contributed by atoms with Gasteiger partial charge in [0.05, 0.1) is 0 Å². The van der Waals surface area contributed by atoms with Crippen molar-refractivity contribution < 1.29 is 8.83 Å². The first-order valence-electron chi connectivity index (χ1n) is 8.79. The molecule has 0 N–H and O–H groups in total. The lowest BCUT2D eigenvalue weighted by Gasteiger charge is -2.11. The van der Waals surface area contributed by atoms with Gasteiger partial charge in [0.25, 0.3) is 0 Å². The Labute approximate surface area is 151 Å². The average Bonchev–Trinajstić information content (AvgIpc) is 3.34. The molecule has 0 aliphatic heterocycles. The number of benzene rings is 2. The molecule has 0 aliphatic carbocycles. The van der Waals surface area contributed by atoms with Crippen LogP contribution in [0.4, 0.5) is 0 Å². The summed E-state index contributed by atoms with van der Waals surface area (Å²) in [7, 11) is 2.08. The van der Waals surface area contributed by atoms with Crippen molar-refractivity contribution in [3.63, 3.8) is 0 Å². The van der Waals surface area contributed by atoms with Gasteiger partial charge in [-0.2, -0.15) is 0 Å². The summed E-state index contributed by atoms with van der Waals surface area (Å²) >= 11 is 0. The van der Waals surface area contributed by atoms with E-state index in [2.05, 4.69) is 60.3 Å². The quantitative estimate of drug-likeness (QED) is 0.402. The number of para-hydroxylation sites is 2. The fourth-order valence-electron chi connectivity index (χ4n) is 3.80. The molecule has 128 valence electrons. The highest BCUT2D eigenvalue weighted by molar-refractivity contribution is 5.86. The summed E-state index contributed by atoms with van der Waals surface area (Å²) in [5, 5.41) is 2.32. The fourth-order valence-corrected chi connectivity index (χ4v) is 3.80. The van der Waals surface area contributed by atoms with Gasteiger partial charge in [-0.05, 0) is 42.8 Å². The van der Waals surface area contributed by atoms with Crippen molar-refractivity contribution in [2.75, 3.05) is 0 Å². The van der Waals surface area contributed by atoms with Crippen LogP contribution < -0.4 is 0 Å². The Balaban J connectivity index is 1.79. The Kier molecular flexibility index (Phi) is 3.29. The molecule has 26 heavy (non-hydrogen) atoms. The van der Waals surface area contributed by atoms with Crippen LogP contribution in [0, 0.1) is 6.92 Å². The molecule has 0 aliphatic rings. The lowest BCUT2D eigenvalue weighted by Crippen LogP contribution is -2.00. The topological polar surface area (TPSA) is 31.2 Å². The zero-order valence-corrected chi connectivity index (χ0v) is 14.8. The molecule has 0 spiro atoms. The zero-order chi connectivity index (χ0) is 17.7. The Morgan fingerprint density at radius 2 is 1.65 bits per heavy atom. The highest BCUT2D eigenvalue weighted by Gasteiger charge is 2.27. The molecule has 0 amide bonds. The molecule has 0 saturated heterocycles. The second-order valence-corrected chi connectivity index (χ2v) is 6.78. The lowest BCUT2D eigenvalue weighted by atomic mass is 9.93. The van der Waals surface area contributed by atoms with E-state index < -0.39 is 0 Å². The number of furan rings is 2. The molecule has 3 heteroatoms. The molecule has 3 heterocycles. The van der Waals surface area contributed by atoms with Crippen molar-refractivity contribution in [3.05, 3.63) is 95.8 Å². The van der Waals surface area contributed by atoms with Crippen LogP contribution in [0.2, 0.25) is 0 Å². The van der Waals surface area contributed by atoms with Crippen LogP contribution in [0.5, 0.6) is 0 Å². The Bertz CT molecular complexity index is 1190. The van der Waals surface area contributed by atoms with Gasteiger partial charge in [0, 0.05) is 29.5 Å². The van der Waals surface area contributed by atoms with Crippen molar-refractivity contribution in [3.8, 4) is 0 Å². The van der Waals surface area contributed by atoms with Crippen molar-refractivity contribution >= 4 is 21.9 Å². The predicted octanol–water partition coefficient (Wildman–Crippen LogP) is 6.01. The number of rotatable bonds is 3. The Morgan fingerprint density at radius 1 is 0.846 bits per heavy atom. The molecule has 0 fully saturated rings. The maximum Gasteiger partial charge on any atom is 0.134 e. The van der Waals surface area contributed by atoms with E-state index in [1.165, 1.54) is 16.5 Å². The molecule has 3 nitrogen and oxygen atoms in total. The van der Waals surface area contributed by atoms with E-state index in [0.717, 1.165) is 28.2 Å². The number of fused-ring (bicyclic) bond motifs is 2. The standard InChI is InChI=1S/C23H19NO2/c1-15-11-12-21(25-15)23(22-13-16-7-3-6-10-20(16)26-22)18-14-24(2)19-9-5-4-8-17(18)19/h3-14,23H,1-2H3. The van der Waals surface area contributed by atoms with Crippen LogP contribution in [0.1, 0.15) is 28.8 Å². The molecule has 1 unspecified atom stereocenters. The van der Waals surface area contributed by atoms with Crippen LogP contribution in [0.3, 0.4) is 0 Å². The van der Waals surface area contributed by atoms with Crippen LogP contribution in [-0.2, 0) is 7.05 Å². The molecular weight excluding hydrogens is 322 g/mol. The first-order chi connectivity index (χ1) is 12.7. The molecule has 1 atom stereocenters. The Hall–Kier alpha value is -3.20. The monoisotopic (exact) mass is 341 g/mol. The molecule has 0 bridgehead atoms. The minimum atomic E-state index is -0.0813. The molecule has 0 saturated carbocycles. The first kappa shape index (κ1) is 15.1. The second kappa shape index (κ2) is 5.67. The summed E-state index contributed by atoms with van der Waals surface area (Å²) in [5.41, 5.74) is 3.29. The van der Waals surface area contributed by atoms with Crippen molar-refractivity contribution in [1.82, 2.24) is 4.57 Å². The van der Waals surface area contributed by atoms with E-state index in [9.17, 15) is 0 Å². The lowest BCUT2D eigenvalue weighted by molar-refractivity contribution is 0.448. The molecular formula is C23H19NO2. The van der Waals surface area contributed by atoms with Gasteiger partial charge in [0.1, 0.15) is 28.8 Å². The normalized spacial score (nSPS) is 12.8. The Morgan fingerprint density at radius 3 is 2.46 bits per heavy atom. The molecule has 0 radical (unpaired) electrons. The minimum Gasteiger partial charge on any atom is -0.465 e. The van der Waals surface area contributed by atoms with E-state index in [1.807, 2.05) is 31.2 Å². The van der Waals surface area contributed by atoms with Crippen LogP contribution >= 0.6 is 0 Å². The van der Waals surface area contributed by atoms with E-state index in [0.29, 0.717) is 0 Å². The van der Waals surface area contributed by atoms with Gasteiger partial charge < -0.3 is 13.4 Å². The molecule has 2 aromatic carbocycles.